The third-order valence-corrected chi connectivity index (χ3v) is 3.68. The summed E-state index contributed by atoms with van der Waals surface area (Å²) >= 11 is 3.44. The molecule has 0 radical (unpaired) electrons. The summed E-state index contributed by atoms with van der Waals surface area (Å²) in [7, 11) is 0. The predicted octanol–water partition coefficient (Wildman–Crippen LogP) is 3.97. The summed E-state index contributed by atoms with van der Waals surface area (Å²) in [6, 6.07) is 7.67. The number of aryl methyl sites for hydroxylation is 2. The standard InChI is InChI=1S/C14H14BrNO3/c1-8-5-10(3-4-12(8)15)16-7-11-6-9(2)13(19-11)14(17)18/h3-6,16H,7H2,1-2H3,(H,17,18). The van der Waals surface area contributed by atoms with E-state index < -0.39 is 5.97 Å². The summed E-state index contributed by atoms with van der Waals surface area (Å²) in [5.74, 6) is -0.428. The van der Waals surface area contributed by atoms with Crippen molar-refractivity contribution in [1.82, 2.24) is 0 Å². The van der Waals surface area contributed by atoms with Gasteiger partial charge in [0.15, 0.2) is 0 Å². The lowest BCUT2D eigenvalue weighted by Crippen LogP contribution is -1.99. The van der Waals surface area contributed by atoms with Crippen molar-refractivity contribution in [2.45, 2.75) is 20.4 Å². The zero-order valence-corrected chi connectivity index (χ0v) is 12.2. The Morgan fingerprint density at radius 1 is 1.32 bits per heavy atom. The van der Waals surface area contributed by atoms with Gasteiger partial charge in [-0.05, 0) is 43.7 Å². The number of benzene rings is 1. The summed E-state index contributed by atoms with van der Waals surface area (Å²) in [6.07, 6.45) is 0. The first-order chi connectivity index (χ1) is 8.97. The van der Waals surface area contributed by atoms with E-state index in [1.54, 1.807) is 13.0 Å². The zero-order chi connectivity index (χ0) is 14.0. The SMILES string of the molecule is Cc1cc(NCc2cc(C)c(C(=O)O)o2)ccc1Br. The molecule has 2 aromatic rings. The van der Waals surface area contributed by atoms with Gasteiger partial charge in [0.25, 0.3) is 0 Å². The van der Waals surface area contributed by atoms with Crippen molar-refractivity contribution >= 4 is 27.6 Å². The van der Waals surface area contributed by atoms with E-state index in [0.717, 1.165) is 15.7 Å². The molecule has 0 aliphatic heterocycles. The highest BCUT2D eigenvalue weighted by molar-refractivity contribution is 9.10. The molecule has 0 aliphatic carbocycles. The van der Waals surface area contributed by atoms with E-state index >= 15 is 0 Å². The number of carbonyl (C=O) groups is 1. The highest BCUT2D eigenvalue weighted by Crippen LogP contribution is 2.21. The Labute approximate surface area is 119 Å². The summed E-state index contributed by atoms with van der Waals surface area (Å²) in [4.78, 5) is 10.9. The Bertz CT molecular complexity index is 619. The van der Waals surface area contributed by atoms with Gasteiger partial charge in [-0.15, -0.1) is 0 Å². The Morgan fingerprint density at radius 2 is 2.05 bits per heavy atom. The van der Waals surface area contributed by atoms with Gasteiger partial charge in [0.05, 0.1) is 6.54 Å². The second-order valence-corrected chi connectivity index (χ2v) is 5.20. The number of anilines is 1. The Balaban J connectivity index is 2.08. The number of carboxylic acid groups (broad SMARTS) is 1. The second-order valence-electron chi connectivity index (χ2n) is 4.35. The maximum Gasteiger partial charge on any atom is 0.372 e. The zero-order valence-electron chi connectivity index (χ0n) is 10.7. The minimum absolute atomic E-state index is 0.00351. The molecule has 2 N–H and O–H groups in total. The Hall–Kier alpha value is -1.75. The van der Waals surface area contributed by atoms with Crippen molar-refractivity contribution in [2.75, 3.05) is 5.32 Å². The molecule has 4 nitrogen and oxygen atoms in total. The van der Waals surface area contributed by atoms with Crippen molar-refractivity contribution in [3.05, 3.63) is 51.4 Å². The highest BCUT2D eigenvalue weighted by Gasteiger charge is 2.13. The molecular formula is C14H14BrNO3. The minimum atomic E-state index is -1.04. The molecule has 0 aliphatic rings. The second kappa shape index (κ2) is 5.48. The summed E-state index contributed by atoms with van der Waals surface area (Å²) in [5, 5.41) is 12.1. The molecule has 1 aromatic heterocycles. The van der Waals surface area contributed by atoms with E-state index in [1.165, 1.54) is 0 Å². The topological polar surface area (TPSA) is 62.5 Å². The van der Waals surface area contributed by atoms with Crippen LogP contribution in [0.5, 0.6) is 0 Å². The number of carboxylic acids is 1. The fourth-order valence-electron chi connectivity index (χ4n) is 1.79. The van der Waals surface area contributed by atoms with Crippen molar-refractivity contribution < 1.29 is 14.3 Å². The number of nitrogens with one attached hydrogen (secondary N) is 1. The number of hydrogen-bond donors (Lipinski definition) is 2. The molecule has 1 aromatic carbocycles. The van der Waals surface area contributed by atoms with Crippen LogP contribution in [-0.4, -0.2) is 11.1 Å². The van der Waals surface area contributed by atoms with Crippen molar-refractivity contribution in [2.24, 2.45) is 0 Å². The minimum Gasteiger partial charge on any atom is -0.475 e. The molecule has 0 unspecified atom stereocenters. The third kappa shape index (κ3) is 3.17. The largest absolute Gasteiger partial charge is 0.475 e. The van der Waals surface area contributed by atoms with Crippen LogP contribution in [0.25, 0.3) is 0 Å². The highest BCUT2D eigenvalue weighted by atomic mass is 79.9. The molecule has 0 saturated carbocycles. The van der Waals surface area contributed by atoms with Crippen LogP contribution in [0.4, 0.5) is 5.69 Å². The molecule has 0 amide bonds. The monoisotopic (exact) mass is 323 g/mol. The van der Waals surface area contributed by atoms with Crippen LogP contribution >= 0.6 is 15.9 Å². The van der Waals surface area contributed by atoms with Crippen molar-refractivity contribution in [3.8, 4) is 0 Å². The maximum absolute atomic E-state index is 10.9. The first-order valence-corrected chi connectivity index (χ1v) is 6.59. The lowest BCUT2D eigenvalue weighted by molar-refractivity contribution is 0.0659. The van der Waals surface area contributed by atoms with E-state index in [-0.39, 0.29) is 5.76 Å². The summed E-state index contributed by atoms with van der Waals surface area (Å²) < 4.78 is 6.34. The van der Waals surface area contributed by atoms with E-state index in [4.69, 9.17) is 9.52 Å². The smallest absolute Gasteiger partial charge is 0.372 e. The van der Waals surface area contributed by atoms with Gasteiger partial charge < -0.3 is 14.8 Å². The van der Waals surface area contributed by atoms with Crippen molar-refractivity contribution in [3.63, 3.8) is 0 Å². The van der Waals surface area contributed by atoms with Crippen LogP contribution in [0.2, 0.25) is 0 Å². The average Bonchev–Trinajstić information content (AvgIpc) is 2.72. The van der Waals surface area contributed by atoms with Gasteiger partial charge in [-0.3, -0.25) is 0 Å². The van der Waals surface area contributed by atoms with Crippen molar-refractivity contribution in [1.29, 1.82) is 0 Å². The third-order valence-electron chi connectivity index (χ3n) is 2.79. The van der Waals surface area contributed by atoms with Gasteiger partial charge in [0.1, 0.15) is 5.76 Å². The van der Waals surface area contributed by atoms with Crippen LogP contribution in [0.3, 0.4) is 0 Å². The normalized spacial score (nSPS) is 10.5. The predicted molar refractivity (Wildman–Crippen MR) is 76.6 cm³/mol. The Morgan fingerprint density at radius 3 is 2.63 bits per heavy atom. The molecule has 19 heavy (non-hydrogen) atoms. The van der Waals surface area contributed by atoms with E-state index in [9.17, 15) is 4.79 Å². The Kier molecular flexibility index (Phi) is 3.95. The summed E-state index contributed by atoms with van der Waals surface area (Å²) in [6.45, 7) is 4.18. The van der Waals surface area contributed by atoms with Gasteiger partial charge in [-0.2, -0.15) is 0 Å². The van der Waals surface area contributed by atoms with Crippen LogP contribution < -0.4 is 5.32 Å². The molecule has 0 bridgehead atoms. The molecular weight excluding hydrogens is 310 g/mol. The molecule has 0 fully saturated rings. The lowest BCUT2D eigenvalue weighted by Gasteiger charge is -2.06. The molecule has 100 valence electrons. The summed E-state index contributed by atoms with van der Waals surface area (Å²) in [5.41, 5.74) is 2.73. The number of halogens is 1. The average molecular weight is 324 g/mol. The maximum atomic E-state index is 10.9. The molecule has 5 heteroatoms. The van der Waals surface area contributed by atoms with Crippen LogP contribution in [0.15, 0.2) is 33.2 Å². The van der Waals surface area contributed by atoms with Gasteiger partial charge >= 0.3 is 5.97 Å². The lowest BCUT2D eigenvalue weighted by atomic mass is 10.2. The van der Waals surface area contributed by atoms with Crippen LogP contribution in [-0.2, 0) is 6.54 Å². The number of hydrogen-bond acceptors (Lipinski definition) is 3. The number of furan rings is 1. The molecule has 0 spiro atoms. The fraction of sp³-hybridized carbons (Fsp3) is 0.214. The number of aromatic carboxylic acids is 1. The van der Waals surface area contributed by atoms with Gasteiger partial charge in [0, 0.05) is 15.7 Å². The van der Waals surface area contributed by atoms with E-state index in [1.807, 2.05) is 25.1 Å². The molecule has 1 heterocycles. The van der Waals surface area contributed by atoms with Gasteiger partial charge in [0.2, 0.25) is 5.76 Å². The molecule has 0 atom stereocenters. The van der Waals surface area contributed by atoms with Gasteiger partial charge in [-0.1, -0.05) is 15.9 Å². The molecule has 2 rings (SSSR count). The number of rotatable bonds is 4. The first-order valence-electron chi connectivity index (χ1n) is 5.80. The first kappa shape index (κ1) is 13.7. The van der Waals surface area contributed by atoms with Crippen LogP contribution in [0.1, 0.15) is 27.4 Å². The van der Waals surface area contributed by atoms with Gasteiger partial charge in [-0.25, -0.2) is 4.79 Å². The van der Waals surface area contributed by atoms with E-state index in [0.29, 0.717) is 17.9 Å². The fourth-order valence-corrected chi connectivity index (χ4v) is 2.04. The van der Waals surface area contributed by atoms with E-state index in [2.05, 4.69) is 21.2 Å². The molecule has 0 saturated heterocycles. The quantitative estimate of drug-likeness (QED) is 0.893. The van der Waals surface area contributed by atoms with Crippen LogP contribution in [0, 0.1) is 13.8 Å².